The van der Waals surface area contributed by atoms with Crippen LogP contribution >= 0.6 is 0 Å². The summed E-state index contributed by atoms with van der Waals surface area (Å²) in [6.45, 7) is -0.543. The van der Waals surface area contributed by atoms with Crippen molar-refractivity contribution in [1.29, 1.82) is 0 Å². The first-order chi connectivity index (χ1) is 6.50. The van der Waals surface area contributed by atoms with Crippen molar-refractivity contribution in [2.24, 2.45) is 0 Å². The predicted molar refractivity (Wildman–Crippen MR) is 43.6 cm³/mol. The van der Waals surface area contributed by atoms with Gasteiger partial charge in [-0.2, -0.15) is 0 Å². The van der Waals surface area contributed by atoms with E-state index in [0.29, 0.717) is 0 Å². The summed E-state index contributed by atoms with van der Waals surface area (Å²) in [5.74, 6) is -2.47. The van der Waals surface area contributed by atoms with E-state index >= 15 is 0 Å². The molecule has 0 aromatic heterocycles. The molecule has 1 rings (SSSR count). The van der Waals surface area contributed by atoms with E-state index in [4.69, 9.17) is 5.11 Å². The van der Waals surface area contributed by atoms with Crippen LogP contribution < -0.4 is 0 Å². The molecule has 1 aromatic carbocycles. The van der Waals surface area contributed by atoms with E-state index in [1.807, 2.05) is 0 Å². The minimum absolute atomic E-state index is 0.328. The van der Waals surface area contributed by atoms with Crippen molar-refractivity contribution < 1.29 is 18.8 Å². The van der Waals surface area contributed by atoms with Gasteiger partial charge in [0.25, 0.3) is 0 Å². The number of phenolic OH excluding ortho intramolecular Hbond substituents is 1. The van der Waals surface area contributed by atoms with Gasteiger partial charge in [0, 0.05) is 29.0 Å². The number of nitro groups is 1. The summed E-state index contributed by atoms with van der Waals surface area (Å²) < 4.78 is 25.9. The molecule has 14 heavy (non-hydrogen) atoms. The maximum Gasteiger partial charge on any atom is 0.208 e. The van der Waals surface area contributed by atoms with Crippen LogP contribution in [0.2, 0.25) is 0 Å². The van der Waals surface area contributed by atoms with Crippen molar-refractivity contribution in [2.75, 3.05) is 6.54 Å². The van der Waals surface area contributed by atoms with Crippen LogP contribution in [0.3, 0.4) is 0 Å². The molecule has 76 valence electrons. The van der Waals surface area contributed by atoms with Crippen LogP contribution in [0, 0.1) is 21.7 Å². The number of halogens is 2. The van der Waals surface area contributed by atoms with Gasteiger partial charge in [0.15, 0.2) is 0 Å². The molecular weight excluding hydrogens is 196 g/mol. The van der Waals surface area contributed by atoms with Gasteiger partial charge in [0.1, 0.15) is 17.4 Å². The molecule has 0 amide bonds. The highest BCUT2D eigenvalue weighted by molar-refractivity contribution is 5.29. The third-order valence-corrected chi connectivity index (χ3v) is 1.67. The Bertz CT molecular complexity index is 345. The lowest BCUT2D eigenvalue weighted by atomic mass is 10.1. The van der Waals surface area contributed by atoms with Crippen molar-refractivity contribution in [2.45, 2.75) is 6.42 Å². The molecule has 0 heterocycles. The molecule has 0 aliphatic rings. The number of hydrogen-bond acceptors (Lipinski definition) is 3. The summed E-state index contributed by atoms with van der Waals surface area (Å²) >= 11 is 0. The predicted octanol–water partition coefficient (Wildman–Crippen LogP) is 1.49. The summed E-state index contributed by atoms with van der Waals surface area (Å²) in [6.07, 6.45) is -0.328. The molecular formula is C8H7F2NO3. The summed E-state index contributed by atoms with van der Waals surface area (Å²) in [4.78, 5) is 9.31. The highest BCUT2D eigenvalue weighted by Gasteiger charge is 2.13. The fraction of sp³-hybridized carbons (Fsp3) is 0.250. The van der Waals surface area contributed by atoms with E-state index in [-0.39, 0.29) is 12.0 Å². The van der Waals surface area contributed by atoms with Gasteiger partial charge in [-0.1, -0.05) is 0 Å². The standard InChI is InChI=1S/C8H7F2NO3/c9-7-3-5(12)4-8(10)6(7)1-2-11(13)14/h3-4,12H,1-2H2. The van der Waals surface area contributed by atoms with E-state index in [0.717, 1.165) is 12.1 Å². The van der Waals surface area contributed by atoms with Crippen molar-refractivity contribution in [3.63, 3.8) is 0 Å². The molecule has 0 atom stereocenters. The Hall–Kier alpha value is -1.72. The first kappa shape index (κ1) is 10.4. The van der Waals surface area contributed by atoms with Gasteiger partial charge >= 0.3 is 0 Å². The minimum atomic E-state index is -0.968. The molecule has 0 saturated carbocycles. The van der Waals surface area contributed by atoms with Crippen molar-refractivity contribution >= 4 is 0 Å². The fourth-order valence-corrected chi connectivity index (χ4v) is 1.03. The van der Waals surface area contributed by atoms with Crippen LogP contribution in [0.15, 0.2) is 12.1 Å². The molecule has 1 aromatic rings. The van der Waals surface area contributed by atoms with E-state index in [1.54, 1.807) is 0 Å². The van der Waals surface area contributed by atoms with Crippen molar-refractivity contribution in [1.82, 2.24) is 0 Å². The van der Waals surface area contributed by atoms with Gasteiger partial charge in [-0.15, -0.1) is 0 Å². The van der Waals surface area contributed by atoms with Crippen LogP contribution in [-0.4, -0.2) is 16.6 Å². The highest BCUT2D eigenvalue weighted by Crippen LogP contribution is 2.19. The Kier molecular flexibility index (Phi) is 2.95. The lowest BCUT2D eigenvalue weighted by Crippen LogP contribution is -2.07. The fourth-order valence-electron chi connectivity index (χ4n) is 1.03. The molecule has 0 radical (unpaired) electrons. The molecule has 0 aliphatic carbocycles. The third-order valence-electron chi connectivity index (χ3n) is 1.67. The van der Waals surface area contributed by atoms with E-state index in [1.165, 1.54) is 0 Å². The Morgan fingerprint density at radius 2 is 1.86 bits per heavy atom. The maximum atomic E-state index is 12.9. The zero-order valence-corrected chi connectivity index (χ0v) is 7.04. The largest absolute Gasteiger partial charge is 0.508 e. The molecule has 0 spiro atoms. The van der Waals surface area contributed by atoms with Crippen LogP contribution in [0.1, 0.15) is 5.56 Å². The Labute approximate surface area is 77.9 Å². The number of hydrogen-bond donors (Lipinski definition) is 1. The van der Waals surface area contributed by atoms with Crippen molar-refractivity contribution in [3.8, 4) is 5.75 Å². The second kappa shape index (κ2) is 3.99. The van der Waals surface area contributed by atoms with Crippen LogP contribution in [-0.2, 0) is 6.42 Å². The number of phenols is 1. The average Bonchev–Trinajstić information content (AvgIpc) is 2.01. The van der Waals surface area contributed by atoms with Gasteiger partial charge in [-0.05, 0) is 0 Å². The van der Waals surface area contributed by atoms with E-state index < -0.39 is 28.9 Å². The molecule has 0 aliphatic heterocycles. The molecule has 6 heteroatoms. The summed E-state index contributed by atoms with van der Waals surface area (Å²) in [5.41, 5.74) is -0.375. The van der Waals surface area contributed by atoms with Crippen LogP contribution in [0.4, 0.5) is 8.78 Å². The van der Waals surface area contributed by atoms with Gasteiger partial charge < -0.3 is 5.11 Å². The highest BCUT2D eigenvalue weighted by atomic mass is 19.1. The van der Waals surface area contributed by atoms with E-state index in [2.05, 4.69) is 0 Å². The quantitative estimate of drug-likeness (QED) is 0.597. The first-order valence-corrected chi connectivity index (χ1v) is 3.79. The first-order valence-electron chi connectivity index (χ1n) is 3.79. The Morgan fingerprint density at radius 1 is 1.36 bits per heavy atom. The Balaban J connectivity index is 2.91. The lowest BCUT2D eigenvalue weighted by Gasteiger charge is -2.02. The molecule has 1 N–H and O–H groups in total. The van der Waals surface area contributed by atoms with Gasteiger partial charge in [-0.25, -0.2) is 8.78 Å². The Morgan fingerprint density at radius 3 is 2.29 bits per heavy atom. The number of aromatic hydroxyl groups is 1. The zero-order chi connectivity index (χ0) is 10.7. The lowest BCUT2D eigenvalue weighted by molar-refractivity contribution is -0.479. The molecule has 0 unspecified atom stereocenters. The van der Waals surface area contributed by atoms with Gasteiger partial charge in [-0.3, -0.25) is 10.1 Å². The second-order valence-corrected chi connectivity index (χ2v) is 2.69. The zero-order valence-electron chi connectivity index (χ0n) is 7.04. The normalized spacial score (nSPS) is 10.1. The number of benzene rings is 1. The topological polar surface area (TPSA) is 63.4 Å². The third kappa shape index (κ3) is 2.38. The molecule has 4 nitrogen and oxygen atoms in total. The minimum Gasteiger partial charge on any atom is -0.508 e. The monoisotopic (exact) mass is 203 g/mol. The average molecular weight is 203 g/mol. The SMILES string of the molecule is O=[N+]([O-])CCc1c(F)cc(O)cc1F. The molecule has 0 saturated heterocycles. The summed E-state index contributed by atoms with van der Waals surface area (Å²) in [5, 5.41) is 18.8. The maximum absolute atomic E-state index is 12.9. The molecule has 0 bridgehead atoms. The van der Waals surface area contributed by atoms with Crippen LogP contribution in [0.5, 0.6) is 5.75 Å². The second-order valence-electron chi connectivity index (χ2n) is 2.69. The van der Waals surface area contributed by atoms with E-state index in [9.17, 15) is 18.9 Å². The van der Waals surface area contributed by atoms with Crippen molar-refractivity contribution in [3.05, 3.63) is 39.4 Å². The smallest absolute Gasteiger partial charge is 0.208 e. The van der Waals surface area contributed by atoms with Gasteiger partial charge in [0.05, 0.1) is 0 Å². The molecule has 0 fully saturated rings. The van der Waals surface area contributed by atoms with Crippen LogP contribution in [0.25, 0.3) is 0 Å². The number of nitrogens with zero attached hydrogens (tertiary/aromatic N) is 1. The summed E-state index contributed by atoms with van der Waals surface area (Å²) in [7, 11) is 0. The summed E-state index contributed by atoms with van der Waals surface area (Å²) in [6, 6.07) is 1.44. The van der Waals surface area contributed by atoms with Gasteiger partial charge in [0.2, 0.25) is 6.54 Å². The number of rotatable bonds is 3.